The van der Waals surface area contributed by atoms with Gasteiger partial charge in [0.05, 0.1) is 31.0 Å². The molecular formula is C24H25N3O5. The van der Waals surface area contributed by atoms with Crippen LogP contribution in [0.15, 0.2) is 47.0 Å². The van der Waals surface area contributed by atoms with Gasteiger partial charge in [0, 0.05) is 23.7 Å². The van der Waals surface area contributed by atoms with Crippen molar-refractivity contribution in [3.05, 3.63) is 65.0 Å². The Morgan fingerprint density at radius 3 is 2.72 bits per heavy atom. The summed E-state index contributed by atoms with van der Waals surface area (Å²) in [5, 5.41) is 15.4. The quantitative estimate of drug-likeness (QED) is 0.455. The zero-order valence-electron chi connectivity index (χ0n) is 18.3. The molecule has 0 fully saturated rings. The molecule has 0 bridgehead atoms. The predicted molar refractivity (Wildman–Crippen MR) is 118 cm³/mol. The van der Waals surface area contributed by atoms with Crippen molar-refractivity contribution in [2.24, 2.45) is 0 Å². The van der Waals surface area contributed by atoms with Crippen LogP contribution in [0.2, 0.25) is 0 Å². The first-order valence-electron chi connectivity index (χ1n) is 10.2. The van der Waals surface area contributed by atoms with Crippen molar-refractivity contribution in [1.29, 1.82) is 5.26 Å². The first-order chi connectivity index (χ1) is 15.5. The Morgan fingerprint density at radius 1 is 1.16 bits per heavy atom. The first kappa shape index (κ1) is 22.7. The maximum absolute atomic E-state index is 12.7. The van der Waals surface area contributed by atoms with Crippen molar-refractivity contribution in [1.82, 2.24) is 5.16 Å². The molecule has 166 valence electrons. The molecule has 0 spiro atoms. The highest BCUT2D eigenvalue weighted by Gasteiger charge is 2.14. The second kappa shape index (κ2) is 10.9. The number of methoxy groups -OCH3 is 1. The number of nitriles is 1. The molecule has 0 saturated heterocycles. The summed E-state index contributed by atoms with van der Waals surface area (Å²) in [7, 11) is 1.52. The number of carbonyl (C=O) groups is 1. The topological polar surface area (TPSA) is 107 Å². The zero-order valence-corrected chi connectivity index (χ0v) is 18.3. The van der Waals surface area contributed by atoms with Crippen LogP contribution in [0.5, 0.6) is 17.2 Å². The molecule has 8 nitrogen and oxygen atoms in total. The number of carbonyl (C=O) groups excluding carboxylic acids is 1. The molecule has 3 rings (SSSR count). The fraction of sp³-hybridized carbons (Fsp3) is 0.292. The van der Waals surface area contributed by atoms with Crippen molar-refractivity contribution in [3.8, 4) is 23.3 Å². The van der Waals surface area contributed by atoms with Crippen LogP contribution in [0.4, 0.5) is 5.69 Å². The molecule has 1 N–H and O–H groups in total. The van der Waals surface area contributed by atoms with Gasteiger partial charge in [-0.05, 0) is 50.6 Å². The average Bonchev–Trinajstić information content (AvgIpc) is 3.12. The van der Waals surface area contributed by atoms with Crippen molar-refractivity contribution < 1.29 is 23.5 Å². The van der Waals surface area contributed by atoms with Gasteiger partial charge < -0.3 is 24.1 Å². The number of anilines is 1. The normalized spacial score (nSPS) is 10.3. The SMILES string of the molecule is COc1cc(C(=O)Nc2cccc(OCCCC#N)c2)ccc1OCc1c(C)noc1C. The van der Waals surface area contributed by atoms with E-state index in [1.165, 1.54) is 7.11 Å². The summed E-state index contributed by atoms with van der Waals surface area (Å²) in [4.78, 5) is 12.7. The first-order valence-corrected chi connectivity index (χ1v) is 10.2. The Labute approximate surface area is 186 Å². The van der Waals surface area contributed by atoms with Crippen LogP contribution in [-0.4, -0.2) is 24.8 Å². The van der Waals surface area contributed by atoms with Gasteiger partial charge in [-0.25, -0.2) is 0 Å². The molecule has 1 amide bonds. The zero-order chi connectivity index (χ0) is 22.9. The highest BCUT2D eigenvalue weighted by molar-refractivity contribution is 6.04. The molecule has 0 radical (unpaired) electrons. The van der Waals surface area contributed by atoms with Gasteiger partial charge in [-0.2, -0.15) is 5.26 Å². The molecule has 0 aliphatic carbocycles. The average molecular weight is 435 g/mol. The number of nitrogens with one attached hydrogen (secondary N) is 1. The van der Waals surface area contributed by atoms with Gasteiger partial charge in [0.1, 0.15) is 18.1 Å². The van der Waals surface area contributed by atoms with Crippen molar-refractivity contribution in [2.75, 3.05) is 19.0 Å². The Morgan fingerprint density at radius 2 is 2.00 bits per heavy atom. The highest BCUT2D eigenvalue weighted by atomic mass is 16.5. The minimum Gasteiger partial charge on any atom is -0.493 e. The number of hydrogen-bond acceptors (Lipinski definition) is 7. The summed E-state index contributed by atoms with van der Waals surface area (Å²) >= 11 is 0. The number of ether oxygens (including phenoxy) is 3. The van der Waals surface area contributed by atoms with E-state index in [0.29, 0.717) is 53.7 Å². The largest absolute Gasteiger partial charge is 0.493 e. The van der Waals surface area contributed by atoms with Gasteiger partial charge in [0.15, 0.2) is 11.5 Å². The molecule has 2 aromatic carbocycles. The van der Waals surface area contributed by atoms with E-state index in [1.807, 2.05) is 13.8 Å². The molecular weight excluding hydrogens is 410 g/mol. The molecule has 0 unspecified atom stereocenters. The minimum absolute atomic E-state index is 0.282. The number of nitrogens with zero attached hydrogens (tertiary/aromatic N) is 2. The highest BCUT2D eigenvalue weighted by Crippen LogP contribution is 2.30. The molecule has 0 aliphatic rings. The third-order valence-corrected chi connectivity index (χ3v) is 4.77. The third kappa shape index (κ3) is 5.79. The van der Waals surface area contributed by atoms with Gasteiger partial charge in [-0.15, -0.1) is 0 Å². The summed E-state index contributed by atoms with van der Waals surface area (Å²) in [5.74, 6) is 1.99. The van der Waals surface area contributed by atoms with Crippen LogP contribution in [0.25, 0.3) is 0 Å². The van der Waals surface area contributed by atoms with E-state index >= 15 is 0 Å². The van der Waals surface area contributed by atoms with Crippen LogP contribution >= 0.6 is 0 Å². The number of benzene rings is 2. The van der Waals surface area contributed by atoms with Gasteiger partial charge in [0.25, 0.3) is 5.91 Å². The molecule has 8 heteroatoms. The predicted octanol–water partition coefficient (Wildman–Crippen LogP) is 4.81. The lowest BCUT2D eigenvalue weighted by Gasteiger charge is -2.13. The number of unbranched alkanes of at least 4 members (excludes halogenated alkanes) is 1. The van der Waals surface area contributed by atoms with Crippen LogP contribution in [0, 0.1) is 25.2 Å². The summed E-state index contributed by atoms with van der Waals surface area (Å²) in [6.45, 7) is 4.41. The Bertz CT molecular complexity index is 1100. The van der Waals surface area contributed by atoms with E-state index in [1.54, 1.807) is 42.5 Å². The van der Waals surface area contributed by atoms with Gasteiger partial charge in [0.2, 0.25) is 0 Å². The van der Waals surface area contributed by atoms with Gasteiger partial charge in [-0.1, -0.05) is 11.2 Å². The number of amides is 1. The van der Waals surface area contributed by atoms with Crippen molar-refractivity contribution in [2.45, 2.75) is 33.3 Å². The lowest BCUT2D eigenvalue weighted by molar-refractivity contribution is 0.102. The molecule has 32 heavy (non-hydrogen) atoms. The van der Waals surface area contributed by atoms with E-state index in [2.05, 4.69) is 16.5 Å². The van der Waals surface area contributed by atoms with E-state index in [9.17, 15) is 4.79 Å². The van der Waals surface area contributed by atoms with E-state index in [-0.39, 0.29) is 12.5 Å². The minimum atomic E-state index is -0.290. The van der Waals surface area contributed by atoms with Crippen LogP contribution < -0.4 is 19.5 Å². The standard InChI is InChI=1S/C24H25N3O5/c1-16-21(17(2)32-27-16)15-31-22-10-9-18(13-23(22)29-3)24(28)26-19-7-6-8-20(14-19)30-12-5-4-11-25/h6-10,13-14H,4-5,12,15H2,1-3H3,(H,26,28). The van der Waals surface area contributed by atoms with E-state index in [4.69, 9.17) is 24.0 Å². The maximum atomic E-state index is 12.7. The van der Waals surface area contributed by atoms with E-state index in [0.717, 1.165) is 11.3 Å². The molecule has 1 aromatic heterocycles. The van der Waals surface area contributed by atoms with Gasteiger partial charge >= 0.3 is 0 Å². The second-order valence-electron chi connectivity index (χ2n) is 7.05. The number of aryl methyl sites for hydroxylation is 2. The smallest absolute Gasteiger partial charge is 0.255 e. The number of hydrogen-bond donors (Lipinski definition) is 1. The molecule has 3 aromatic rings. The second-order valence-corrected chi connectivity index (χ2v) is 7.05. The molecule has 0 atom stereocenters. The molecule has 0 saturated carbocycles. The molecule has 0 aliphatic heterocycles. The van der Waals surface area contributed by atoms with Crippen molar-refractivity contribution >= 4 is 11.6 Å². The van der Waals surface area contributed by atoms with Crippen LogP contribution in [0.1, 0.15) is 40.2 Å². The summed E-state index contributed by atoms with van der Waals surface area (Å²) < 4.78 is 22.0. The van der Waals surface area contributed by atoms with Crippen LogP contribution in [0.3, 0.4) is 0 Å². The lowest BCUT2D eigenvalue weighted by atomic mass is 10.1. The van der Waals surface area contributed by atoms with Crippen molar-refractivity contribution in [3.63, 3.8) is 0 Å². The van der Waals surface area contributed by atoms with E-state index < -0.39 is 0 Å². The summed E-state index contributed by atoms with van der Waals surface area (Å²) in [6.07, 6.45) is 1.09. The molecule has 1 heterocycles. The van der Waals surface area contributed by atoms with Gasteiger partial charge in [-0.3, -0.25) is 4.79 Å². The Kier molecular flexibility index (Phi) is 7.70. The summed E-state index contributed by atoms with van der Waals surface area (Å²) in [6, 6.07) is 14.2. The Hall–Kier alpha value is -3.99. The summed E-state index contributed by atoms with van der Waals surface area (Å²) in [5.41, 5.74) is 2.68. The van der Waals surface area contributed by atoms with Crippen LogP contribution in [-0.2, 0) is 6.61 Å². The fourth-order valence-corrected chi connectivity index (χ4v) is 2.99. The maximum Gasteiger partial charge on any atom is 0.255 e. The Balaban J connectivity index is 1.65. The third-order valence-electron chi connectivity index (χ3n) is 4.77. The lowest BCUT2D eigenvalue weighted by Crippen LogP contribution is -2.12. The fourth-order valence-electron chi connectivity index (χ4n) is 2.99. The number of rotatable bonds is 10. The number of aromatic nitrogens is 1. The monoisotopic (exact) mass is 435 g/mol.